The van der Waals surface area contributed by atoms with Gasteiger partial charge in [0, 0.05) is 50.9 Å². The molecule has 31 heavy (non-hydrogen) atoms. The highest BCUT2D eigenvalue weighted by Gasteiger charge is 2.24. The van der Waals surface area contributed by atoms with E-state index in [9.17, 15) is 9.59 Å². The van der Waals surface area contributed by atoms with Crippen LogP contribution in [-0.2, 0) is 17.9 Å². The zero-order valence-electron chi connectivity index (χ0n) is 17.7. The number of aromatic nitrogens is 4. The van der Waals surface area contributed by atoms with Gasteiger partial charge in [0.05, 0.1) is 5.56 Å². The van der Waals surface area contributed by atoms with Crippen LogP contribution in [0.15, 0.2) is 35.4 Å². The van der Waals surface area contributed by atoms with Gasteiger partial charge in [-0.1, -0.05) is 0 Å². The number of nitrogens with zero attached hydrogens (tertiary/aromatic N) is 6. The molecule has 3 aromatic heterocycles. The van der Waals surface area contributed by atoms with E-state index in [1.54, 1.807) is 12.4 Å². The van der Waals surface area contributed by atoms with Crippen molar-refractivity contribution in [3.05, 3.63) is 52.2 Å². The molecule has 0 saturated carbocycles. The number of ether oxygens (including phenoxy) is 1. The number of amides is 1. The van der Waals surface area contributed by atoms with Crippen molar-refractivity contribution in [1.82, 2.24) is 24.1 Å². The molecular formula is C22H26N6O3. The van der Waals surface area contributed by atoms with E-state index in [4.69, 9.17) is 4.74 Å². The summed E-state index contributed by atoms with van der Waals surface area (Å²) >= 11 is 0. The molecule has 3 aromatic rings. The molecule has 2 aliphatic heterocycles. The molecule has 2 aliphatic rings. The number of piperidine rings is 1. The molecule has 1 amide bonds. The van der Waals surface area contributed by atoms with E-state index >= 15 is 0 Å². The summed E-state index contributed by atoms with van der Waals surface area (Å²) in [7, 11) is 1.53. The van der Waals surface area contributed by atoms with Crippen molar-refractivity contribution in [2.45, 2.75) is 38.8 Å². The highest BCUT2D eigenvalue weighted by molar-refractivity contribution is 5.94. The third kappa shape index (κ3) is 3.59. The standard InChI is InChI=1S/C22H26N6O3/c1-31-15-28-22(30)27-11-7-18(13-19(27)24-28)26-10-5-6-16-12-17(14-23-20(16)26)21(29)25-8-3-2-4-9-25/h7,11-14H,2-6,8-10,15H2,1H3. The summed E-state index contributed by atoms with van der Waals surface area (Å²) in [5.74, 6) is 0.945. The summed E-state index contributed by atoms with van der Waals surface area (Å²) in [4.78, 5) is 34.0. The third-order valence-electron chi connectivity index (χ3n) is 6.05. The Bertz CT molecular complexity index is 1180. The smallest absolute Gasteiger partial charge is 0.352 e. The fourth-order valence-corrected chi connectivity index (χ4v) is 4.49. The number of methoxy groups -OCH3 is 1. The summed E-state index contributed by atoms with van der Waals surface area (Å²) in [5, 5.41) is 4.35. The van der Waals surface area contributed by atoms with Gasteiger partial charge in [0.15, 0.2) is 5.65 Å². The van der Waals surface area contributed by atoms with E-state index in [2.05, 4.69) is 15.0 Å². The third-order valence-corrected chi connectivity index (χ3v) is 6.05. The van der Waals surface area contributed by atoms with Crippen LogP contribution in [0.25, 0.3) is 5.65 Å². The Morgan fingerprint density at radius 1 is 1.13 bits per heavy atom. The zero-order chi connectivity index (χ0) is 21.4. The molecule has 1 saturated heterocycles. The summed E-state index contributed by atoms with van der Waals surface area (Å²) in [6.07, 6.45) is 8.63. The molecule has 9 heteroatoms. The number of hydrogen-bond acceptors (Lipinski definition) is 6. The number of rotatable bonds is 4. The molecule has 0 spiro atoms. The van der Waals surface area contributed by atoms with Crippen molar-refractivity contribution in [3.63, 3.8) is 0 Å². The summed E-state index contributed by atoms with van der Waals surface area (Å²) in [6.45, 7) is 2.59. The van der Waals surface area contributed by atoms with Crippen molar-refractivity contribution in [3.8, 4) is 0 Å². The Hall–Kier alpha value is -3.20. The van der Waals surface area contributed by atoms with Gasteiger partial charge < -0.3 is 14.5 Å². The number of carbonyl (C=O) groups is 1. The average molecular weight is 422 g/mol. The second-order valence-corrected chi connectivity index (χ2v) is 8.13. The van der Waals surface area contributed by atoms with Gasteiger partial charge in [0.2, 0.25) is 0 Å². The quantitative estimate of drug-likeness (QED) is 0.641. The van der Waals surface area contributed by atoms with Crippen LogP contribution in [-0.4, -0.2) is 56.7 Å². The maximum atomic E-state index is 12.9. The Labute approximate surface area is 179 Å². The Morgan fingerprint density at radius 3 is 2.77 bits per heavy atom. The molecule has 0 unspecified atom stereocenters. The minimum absolute atomic E-state index is 0.0802. The monoisotopic (exact) mass is 422 g/mol. The van der Waals surface area contributed by atoms with Gasteiger partial charge in [-0.15, -0.1) is 5.10 Å². The van der Waals surface area contributed by atoms with Crippen LogP contribution in [0, 0.1) is 0 Å². The van der Waals surface area contributed by atoms with Crippen LogP contribution in [0.5, 0.6) is 0 Å². The van der Waals surface area contributed by atoms with Gasteiger partial charge in [-0.25, -0.2) is 9.78 Å². The second-order valence-electron chi connectivity index (χ2n) is 8.13. The number of anilines is 2. The van der Waals surface area contributed by atoms with Crippen molar-refractivity contribution in [2.24, 2.45) is 0 Å². The predicted molar refractivity (Wildman–Crippen MR) is 116 cm³/mol. The van der Waals surface area contributed by atoms with Crippen LogP contribution in [0.1, 0.15) is 41.6 Å². The number of likely N-dealkylation sites (tertiary alicyclic amines) is 1. The van der Waals surface area contributed by atoms with Gasteiger partial charge in [0.25, 0.3) is 5.91 Å². The SMILES string of the molecule is COCn1nc2cc(N3CCCc4cc(C(=O)N5CCCCC5)cnc43)ccn2c1=O. The number of aryl methyl sites for hydroxylation is 1. The first-order valence-electron chi connectivity index (χ1n) is 10.8. The minimum Gasteiger partial charge on any atom is -0.362 e. The van der Waals surface area contributed by atoms with Crippen LogP contribution in [0.3, 0.4) is 0 Å². The van der Waals surface area contributed by atoms with Gasteiger partial charge in [-0.3, -0.25) is 9.20 Å². The first kappa shape index (κ1) is 19.7. The van der Waals surface area contributed by atoms with E-state index < -0.39 is 0 Å². The fraction of sp³-hybridized carbons (Fsp3) is 0.455. The van der Waals surface area contributed by atoms with Crippen molar-refractivity contribution in [2.75, 3.05) is 31.6 Å². The molecule has 0 aliphatic carbocycles. The number of pyridine rings is 2. The molecule has 0 atom stereocenters. The summed E-state index contributed by atoms with van der Waals surface area (Å²) < 4.78 is 7.83. The van der Waals surface area contributed by atoms with E-state index in [1.807, 2.05) is 23.1 Å². The lowest BCUT2D eigenvalue weighted by Crippen LogP contribution is -2.36. The van der Waals surface area contributed by atoms with Crippen LogP contribution >= 0.6 is 0 Å². The Kier molecular flexibility index (Phi) is 5.19. The lowest BCUT2D eigenvalue weighted by atomic mass is 10.0. The molecule has 1 fully saturated rings. The van der Waals surface area contributed by atoms with Crippen molar-refractivity contribution < 1.29 is 9.53 Å². The Balaban J connectivity index is 1.46. The second kappa shape index (κ2) is 8.14. The molecule has 0 N–H and O–H groups in total. The molecule has 5 heterocycles. The molecule has 162 valence electrons. The van der Waals surface area contributed by atoms with Crippen molar-refractivity contribution in [1.29, 1.82) is 0 Å². The summed E-state index contributed by atoms with van der Waals surface area (Å²) in [6, 6.07) is 5.79. The first-order chi connectivity index (χ1) is 15.2. The van der Waals surface area contributed by atoms with Gasteiger partial charge in [0.1, 0.15) is 12.5 Å². The zero-order valence-corrected chi connectivity index (χ0v) is 17.7. The van der Waals surface area contributed by atoms with Crippen LogP contribution < -0.4 is 10.6 Å². The maximum absolute atomic E-state index is 12.9. The molecule has 5 rings (SSSR count). The minimum atomic E-state index is -0.235. The molecule has 0 aromatic carbocycles. The maximum Gasteiger partial charge on any atom is 0.352 e. The van der Waals surface area contributed by atoms with Gasteiger partial charge in [-0.2, -0.15) is 4.68 Å². The van der Waals surface area contributed by atoms with E-state index in [0.29, 0.717) is 11.2 Å². The molecule has 0 bridgehead atoms. The van der Waals surface area contributed by atoms with Crippen LogP contribution in [0.4, 0.5) is 11.5 Å². The largest absolute Gasteiger partial charge is 0.362 e. The predicted octanol–water partition coefficient (Wildman–Crippen LogP) is 2.21. The lowest BCUT2D eigenvalue weighted by molar-refractivity contribution is 0.0724. The highest BCUT2D eigenvalue weighted by atomic mass is 16.5. The first-order valence-corrected chi connectivity index (χ1v) is 10.8. The number of carbonyl (C=O) groups excluding carboxylic acids is 1. The lowest BCUT2D eigenvalue weighted by Gasteiger charge is -2.31. The highest BCUT2D eigenvalue weighted by Crippen LogP contribution is 2.32. The summed E-state index contributed by atoms with van der Waals surface area (Å²) in [5.41, 5.74) is 3.00. The van der Waals surface area contributed by atoms with E-state index in [1.165, 1.54) is 22.6 Å². The van der Waals surface area contributed by atoms with Gasteiger partial charge in [-0.05, 0) is 49.8 Å². The molecular weight excluding hydrogens is 396 g/mol. The topological polar surface area (TPSA) is 85.0 Å². The Morgan fingerprint density at radius 2 is 1.97 bits per heavy atom. The van der Waals surface area contributed by atoms with Crippen LogP contribution in [0.2, 0.25) is 0 Å². The molecule has 9 nitrogen and oxygen atoms in total. The van der Waals surface area contributed by atoms with Gasteiger partial charge >= 0.3 is 5.69 Å². The average Bonchev–Trinajstić information content (AvgIpc) is 3.13. The van der Waals surface area contributed by atoms with E-state index in [0.717, 1.165) is 62.4 Å². The normalized spacial score (nSPS) is 16.5. The fourth-order valence-electron chi connectivity index (χ4n) is 4.49. The molecule has 0 radical (unpaired) electrons. The number of fused-ring (bicyclic) bond motifs is 2. The van der Waals surface area contributed by atoms with Crippen molar-refractivity contribution >= 4 is 23.1 Å². The number of hydrogen-bond donors (Lipinski definition) is 0. The van der Waals surface area contributed by atoms with E-state index in [-0.39, 0.29) is 18.3 Å².